The van der Waals surface area contributed by atoms with Gasteiger partial charge in [0, 0.05) is 17.5 Å². The second kappa shape index (κ2) is 5.81. The van der Waals surface area contributed by atoms with Gasteiger partial charge in [0.05, 0.1) is 13.2 Å². The van der Waals surface area contributed by atoms with Gasteiger partial charge in [0.25, 0.3) is 5.91 Å². The molecule has 0 aromatic carbocycles. The standard InChI is InChI=1S/C15H17N3O2S/c1-3-12-10-7-9-21-13(10)6-8-18(12)15(19)11-4-5-14(20-2)17-16-11/h4-5,7,9,12H,3,6,8H2,1-2H3/t12-/m1/s1. The quantitative estimate of drug-likeness (QED) is 0.875. The molecule has 0 spiro atoms. The Morgan fingerprint density at radius 1 is 1.43 bits per heavy atom. The maximum absolute atomic E-state index is 12.7. The van der Waals surface area contributed by atoms with Crippen molar-refractivity contribution in [2.75, 3.05) is 13.7 Å². The van der Waals surface area contributed by atoms with Gasteiger partial charge < -0.3 is 9.64 Å². The van der Waals surface area contributed by atoms with Gasteiger partial charge in [-0.05, 0) is 35.9 Å². The number of amides is 1. The number of carbonyl (C=O) groups excluding carboxylic acids is 1. The van der Waals surface area contributed by atoms with Crippen molar-refractivity contribution < 1.29 is 9.53 Å². The molecular weight excluding hydrogens is 286 g/mol. The lowest BCUT2D eigenvalue weighted by Crippen LogP contribution is -2.39. The first-order chi connectivity index (χ1) is 10.2. The zero-order chi connectivity index (χ0) is 14.8. The second-order valence-electron chi connectivity index (χ2n) is 4.93. The van der Waals surface area contributed by atoms with Crippen molar-refractivity contribution in [2.45, 2.75) is 25.8 Å². The third kappa shape index (κ3) is 2.51. The minimum absolute atomic E-state index is 0.0612. The molecule has 2 aromatic rings. The van der Waals surface area contributed by atoms with Crippen molar-refractivity contribution in [3.63, 3.8) is 0 Å². The van der Waals surface area contributed by atoms with Crippen LogP contribution in [0.3, 0.4) is 0 Å². The summed E-state index contributed by atoms with van der Waals surface area (Å²) in [5, 5.41) is 9.96. The summed E-state index contributed by atoms with van der Waals surface area (Å²) >= 11 is 1.78. The summed E-state index contributed by atoms with van der Waals surface area (Å²) in [4.78, 5) is 16.0. The minimum Gasteiger partial charge on any atom is -0.480 e. The van der Waals surface area contributed by atoms with Crippen LogP contribution < -0.4 is 4.74 Å². The first-order valence-corrected chi connectivity index (χ1v) is 7.87. The lowest BCUT2D eigenvalue weighted by Gasteiger charge is -2.35. The van der Waals surface area contributed by atoms with E-state index in [2.05, 4.69) is 28.6 Å². The van der Waals surface area contributed by atoms with E-state index in [4.69, 9.17) is 4.74 Å². The number of fused-ring (bicyclic) bond motifs is 1. The number of rotatable bonds is 3. The van der Waals surface area contributed by atoms with Gasteiger partial charge in [-0.3, -0.25) is 4.79 Å². The average Bonchev–Trinajstić information content (AvgIpc) is 3.02. The van der Waals surface area contributed by atoms with E-state index in [9.17, 15) is 4.79 Å². The smallest absolute Gasteiger partial charge is 0.274 e. The van der Waals surface area contributed by atoms with Crippen LogP contribution in [0.25, 0.3) is 0 Å². The Balaban J connectivity index is 1.87. The van der Waals surface area contributed by atoms with Crippen LogP contribution >= 0.6 is 11.3 Å². The highest BCUT2D eigenvalue weighted by Crippen LogP contribution is 2.35. The number of methoxy groups -OCH3 is 1. The normalized spacial score (nSPS) is 17.4. The molecule has 3 rings (SSSR count). The molecule has 5 nitrogen and oxygen atoms in total. The Kier molecular flexibility index (Phi) is 3.88. The lowest BCUT2D eigenvalue weighted by molar-refractivity contribution is 0.0650. The number of hydrogen-bond acceptors (Lipinski definition) is 5. The third-order valence-electron chi connectivity index (χ3n) is 3.81. The number of ether oxygens (including phenoxy) is 1. The molecule has 0 saturated carbocycles. The largest absolute Gasteiger partial charge is 0.480 e. The molecule has 1 aliphatic rings. The summed E-state index contributed by atoms with van der Waals surface area (Å²) in [6.07, 6.45) is 1.82. The highest BCUT2D eigenvalue weighted by Gasteiger charge is 2.31. The van der Waals surface area contributed by atoms with Crippen molar-refractivity contribution in [1.82, 2.24) is 15.1 Å². The van der Waals surface area contributed by atoms with Crippen LogP contribution in [0.2, 0.25) is 0 Å². The van der Waals surface area contributed by atoms with E-state index >= 15 is 0 Å². The summed E-state index contributed by atoms with van der Waals surface area (Å²) < 4.78 is 4.98. The maximum Gasteiger partial charge on any atom is 0.274 e. The van der Waals surface area contributed by atoms with Crippen LogP contribution in [0.1, 0.15) is 40.3 Å². The number of nitrogens with zero attached hydrogens (tertiary/aromatic N) is 3. The molecular formula is C15H17N3O2S. The molecule has 21 heavy (non-hydrogen) atoms. The van der Waals surface area contributed by atoms with Gasteiger partial charge in [0.2, 0.25) is 5.88 Å². The van der Waals surface area contributed by atoms with Crippen LogP contribution in [0.4, 0.5) is 0 Å². The zero-order valence-corrected chi connectivity index (χ0v) is 12.9. The van der Waals surface area contributed by atoms with E-state index in [1.807, 2.05) is 4.90 Å². The first kappa shape index (κ1) is 14.0. The molecule has 1 atom stereocenters. The fourth-order valence-corrected chi connectivity index (χ4v) is 3.70. The van der Waals surface area contributed by atoms with Gasteiger partial charge >= 0.3 is 0 Å². The van der Waals surface area contributed by atoms with E-state index in [0.717, 1.165) is 19.4 Å². The van der Waals surface area contributed by atoms with E-state index in [1.54, 1.807) is 23.5 Å². The van der Waals surface area contributed by atoms with Gasteiger partial charge in [0.15, 0.2) is 5.69 Å². The van der Waals surface area contributed by atoms with E-state index < -0.39 is 0 Å². The van der Waals surface area contributed by atoms with Crippen molar-refractivity contribution in [1.29, 1.82) is 0 Å². The predicted molar refractivity (Wildman–Crippen MR) is 80.7 cm³/mol. The lowest BCUT2D eigenvalue weighted by atomic mass is 9.97. The van der Waals surface area contributed by atoms with Gasteiger partial charge in [-0.1, -0.05) is 6.92 Å². The fraction of sp³-hybridized carbons (Fsp3) is 0.400. The van der Waals surface area contributed by atoms with Crippen LogP contribution in [0.5, 0.6) is 5.88 Å². The topological polar surface area (TPSA) is 55.3 Å². The SMILES string of the molecule is CC[C@@H]1c2ccsc2CCN1C(=O)c1ccc(OC)nn1. The molecule has 0 N–H and O–H groups in total. The molecule has 6 heteroatoms. The van der Waals surface area contributed by atoms with E-state index in [0.29, 0.717) is 11.6 Å². The molecule has 0 unspecified atom stereocenters. The third-order valence-corrected chi connectivity index (χ3v) is 4.81. The molecule has 3 heterocycles. The Labute approximate surface area is 127 Å². The molecule has 0 aliphatic carbocycles. The monoisotopic (exact) mass is 303 g/mol. The van der Waals surface area contributed by atoms with Gasteiger partial charge in [0.1, 0.15) is 0 Å². The molecule has 2 aromatic heterocycles. The Hall–Kier alpha value is -1.95. The van der Waals surface area contributed by atoms with Crippen LogP contribution in [-0.4, -0.2) is 34.7 Å². The summed E-state index contributed by atoms with van der Waals surface area (Å²) in [7, 11) is 1.53. The molecule has 0 bridgehead atoms. The Morgan fingerprint density at radius 3 is 2.95 bits per heavy atom. The first-order valence-electron chi connectivity index (χ1n) is 6.99. The van der Waals surface area contributed by atoms with E-state index in [-0.39, 0.29) is 11.9 Å². The zero-order valence-electron chi connectivity index (χ0n) is 12.1. The van der Waals surface area contributed by atoms with Crippen molar-refractivity contribution in [3.05, 3.63) is 39.7 Å². The number of carbonyl (C=O) groups is 1. The number of thiophene rings is 1. The maximum atomic E-state index is 12.7. The highest BCUT2D eigenvalue weighted by molar-refractivity contribution is 7.10. The summed E-state index contributed by atoms with van der Waals surface area (Å²) in [6.45, 7) is 2.84. The van der Waals surface area contributed by atoms with Crippen LogP contribution in [0.15, 0.2) is 23.6 Å². The molecule has 0 fully saturated rings. The summed E-state index contributed by atoms with van der Waals surface area (Å²) in [6, 6.07) is 5.61. The molecule has 1 amide bonds. The van der Waals surface area contributed by atoms with Crippen molar-refractivity contribution in [3.8, 4) is 5.88 Å². The van der Waals surface area contributed by atoms with Gasteiger partial charge in [-0.15, -0.1) is 21.5 Å². The molecule has 1 aliphatic heterocycles. The minimum atomic E-state index is -0.0612. The Morgan fingerprint density at radius 2 is 2.29 bits per heavy atom. The van der Waals surface area contributed by atoms with Gasteiger partial charge in [-0.2, -0.15) is 0 Å². The number of aromatic nitrogens is 2. The van der Waals surface area contributed by atoms with Crippen LogP contribution in [0, 0.1) is 0 Å². The van der Waals surface area contributed by atoms with E-state index in [1.165, 1.54) is 17.6 Å². The number of hydrogen-bond donors (Lipinski definition) is 0. The molecule has 0 saturated heterocycles. The fourth-order valence-electron chi connectivity index (χ4n) is 2.77. The predicted octanol–water partition coefficient (Wildman–Crippen LogP) is 2.70. The second-order valence-corrected chi connectivity index (χ2v) is 5.93. The molecule has 0 radical (unpaired) electrons. The average molecular weight is 303 g/mol. The van der Waals surface area contributed by atoms with Gasteiger partial charge in [-0.25, -0.2) is 0 Å². The van der Waals surface area contributed by atoms with Crippen molar-refractivity contribution >= 4 is 17.2 Å². The summed E-state index contributed by atoms with van der Waals surface area (Å²) in [5.41, 5.74) is 1.65. The van der Waals surface area contributed by atoms with Crippen molar-refractivity contribution in [2.24, 2.45) is 0 Å². The highest BCUT2D eigenvalue weighted by atomic mass is 32.1. The molecule has 110 valence electrons. The Bertz CT molecular complexity index is 639. The summed E-state index contributed by atoms with van der Waals surface area (Å²) in [5.74, 6) is 0.353. The van der Waals surface area contributed by atoms with Crippen LogP contribution in [-0.2, 0) is 6.42 Å².